The molecule has 1 aromatic heterocycles. The Morgan fingerprint density at radius 1 is 1.00 bits per heavy atom. The summed E-state index contributed by atoms with van der Waals surface area (Å²) in [5.74, 6) is -0.178. The van der Waals surface area contributed by atoms with Crippen LogP contribution in [0.4, 0.5) is 11.6 Å². The van der Waals surface area contributed by atoms with E-state index in [1.807, 2.05) is 30.3 Å². The van der Waals surface area contributed by atoms with Gasteiger partial charge in [-0.25, -0.2) is 0 Å². The van der Waals surface area contributed by atoms with Crippen LogP contribution >= 0.6 is 0 Å². The molecule has 0 saturated heterocycles. The number of hydrogen-bond donors (Lipinski definition) is 4. The van der Waals surface area contributed by atoms with Gasteiger partial charge in [0.1, 0.15) is 11.9 Å². The molecule has 3 aromatic rings. The van der Waals surface area contributed by atoms with Gasteiger partial charge in [-0.1, -0.05) is 42.5 Å². The van der Waals surface area contributed by atoms with Crippen molar-refractivity contribution in [3.05, 3.63) is 71.5 Å². The van der Waals surface area contributed by atoms with Crippen LogP contribution in [0.3, 0.4) is 0 Å². The van der Waals surface area contributed by atoms with Crippen molar-refractivity contribution in [2.45, 2.75) is 31.7 Å². The van der Waals surface area contributed by atoms with Crippen LogP contribution in [0.15, 0.2) is 54.6 Å². The lowest BCUT2D eigenvalue weighted by atomic mass is 10.1. The van der Waals surface area contributed by atoms with Crippen molar-refractivity contribution in [2.75, 3.05) is 10.6 Å². The number of aromatic nitrogens is 3. The summed E-state index contributed by atoms with van der Waals surface area (Å²) in [5, 5.41) is 14.9. The Labute approximate surface area is 178 Å². The topological polar surface area (TPSA) is 129 Å². The van der Waals surface area contributed by atoms with Crippen LogP contribution in [0.1, 0.15) is 34.6 Å². The van der Waals surface area contributed by atoms with Gasteiger partial charge in [-0.05, 0) is 30.5 Å². The maximum absolute atomic E-state index is 12.4. The van der Waals surface area contributed by atoms with Crippen LogP contribution in [-0.4, -0.2) is 38.9 Å². The van der Waals surface area contributed by atoms with Gasteiger partial charge < -0.3 is 10.6 Å². The highest BCUT2D eigenvalue weighted by Crippen LogP contribution is 2.19. The third kappa shape index (κ3) is 5.13. The molecule has 1 aliphatic rings. The van der Waals surface area contributed by atoms with E-state index >= 15 is 0 Å². The van der Waals surface area contributed by atoms with E-state index in [9.17, 15) is 14.4 Å². The van der Waals surface area contributed by atoms with Gasteiger partial charge in [-0.3, -0.25) is 24.8 Å². The monoisotopic (exact) mass is 418 g/mol. The van der Waals surface area contributed by atoms with Gasteiger partial charge in [-0.2, -0.15) is 4.98 Å². The number of carbonyl (C=O) groups is 3. The standard InChI is InChI=1S/C22H22N6O3/c29-19(26-22-25-18(27-28-22)12-10-14-6-2-1-3-7-14)13-11-17-21(31)23-16-9-5-4-8-15(16)20(30)24-17/h1-9,17H,10-13H2,(H,23,31)(H,24,30)(H2,25,26,27,28,29)/t17-/m0/s1. The minimum absolute atomic E-state index is 0.0304. The Bertz CT molecular complexity index is 1100. The molecule has 0 aliphatic carbocycles. The third-order valence-corrected chi connectivity index (χ3v) is 4.99. The summed E-state index contributed by atoms with van der Waals surface area (Å²) in [7, 11) is 0. The zero-order valence-corrected chi connectivity index (χ0v) is 16.7. The predicted octanol–water partition coefficient (Wildman–Crippen LogP) is 2.06. The maximum Gasteiger partial charge on any atom is 0.254 e. The summed E-state index contributed by atoms with van der Waals surface area (Å²) in [6, 6.07) is 16.0. The highest BCUT2D eigenvalue weighted by Gasteiger charge is 2.27. The molecule has 31 heavy (non-hydrogen) atoms. The number of para-hydroxylation sites is 1. The molecule has 0 bridgehead atoms. The molecule has 4 N–H and O–H groups in total. The van der Waals surface area contributed by atoms with Crippen molar-refractivity contribution >= 4 is 29.4 Å². The summed E-state index contributed by atoms with van der Waals surface area (Å²) in [6.45, 7) is 0. The maximum atomic E-state index is 12.4. The first-order valence-corrected chi connectivity index (χ1v) is 10.0. The second-order valence-electron chi connectivity index (χ2n) is 7.24. The van der Waals surface area contributed by atoms with E-state index in [-0.39, 0.29) is 36.5 Å². The number of benzene rings is 2. The van der Waals surface area contributed by atoms with Crippen LogP contribution in [0.5, 0.6) is 0 Å². The molecule has 0 fully saturated rings. The van der Waals surface area contributed by atoms with Crippen molar-refractivity contribution in [1.82, 2.24) is 20.5 Å². The fourth-order valence-electron chi connectivity index (χ4n) is 3.35. The normalized spacial score (nSPS) is 15.4. The number of rotatable bonds is 7. The van der Waals surface area contributed by atoms with E-state index < -0.39 is 6.04 Å². The molecule has 9 nitrogen and oxygen atoms in total. The largest absolute Gasteiger partial charge is 0.340 e. The minimum atomic E-state index is -0.806. The Morgan fingerprint density at radius 2 is 1.77 bits per heavy atom. The summed E-state index contributed by atoms with van der Waals surface area (Å²) in [5.41, 5.74) is 2.04. The summed E-state index contributed by atoms with van der Waals surface area (Å²) in [6.07, 6.45) is 1.66. The van der Waals surface area contributed by atoms with E-state index in [1.54, 1.807) is 24.3 Å². The molecule has 0 spiro atoms. The van der Waals surface area contributed by atoms with E-state index in [0.29, 0.717) is 23.5 Å². The van der Waals surface area contributed by atoms with Crippen LogP contribution in [0, 0.1) is 0 Å². The van der Waals surface area contributed by atoms with Crippen LogP contribution in [-0.2, 0) is 22.4 Å². The third-order valence-electron chi connectivity index (χ3n) is 4.99. The number of hydrogen-bond acceptors (Lipinski definition) is 5. The first-order chi connectivity index (χ1) is 15.1. The molecule has 9 heteroatoms. The molecule has 0 radical (unpaired) electrons. The van der Waals surface area contributed by atoms with Crippen molar-refractivity contribution in [3.8, 4) is 0 Å². The Balaban J connectivity index is 1.27. The molecule has 1 aliphatic heterocycles. The number of carbonyl (C=O) groups excluding carboxylic acids is 3. The van der Waals surface area contributed by atoms with Crippen LogP contribution in [0.25, 0.3) is 0 Å². The fraction of sp³-hybridized carbons (Fsp3) is 0.227. The van der Waals surface area contributed by atoms with Gasteiger partial charge in [0, 0.05) is 12.8 Å². The highest BCUT2D eigenvalue weighted by molar-refractivity contribution is 6.09. The molecule has 2 aromatic carbocycles. The summed E-state index contributed by atoms with van der Waals surface area (Å²) in [4.78, 5) is 41.3. The zero-order valence-electron chi connectivity index (χ0n) is 16.7. The second kappa shape index (κ2) is 9.21. The summed E-state index contributed by atoms with van der Waals surface area (Å²) < 4.78 is 0. The minimum Gasteiger partial charge on any atom is -0.340 e. The van der Waals surface area contributed by atoms with Crippen LogP contribution < -0.4 is 16.0 Å². The Hall–Kier alpha value is -4.01. The lowest BCUT2D eigenvalue weighted by Gasteiger charge is -2.13. The molecule has 0 saturated carbocycles. The van der Waals surface area contributed by atoms with Gasteiger partial charge in [0.25, 0.3) is 5.91 Å². The van der Waals surface area contributed by atoms with Gasteiger partial charge in [0.2, 0.25) is 17.8 Å². The van der Waals surface area contributed by atoms with Crippen molar-refractivity contribution in [1.29, 1.82) is 0 Å². The highest BCUT2D eigenvalue weighted by atomic mass is 16.2. The smallest absolute Gasteiger partial charge is 0.254 e. The zero-order chi connectivity index (χ0) is 21.6. The molecule has 2 heterocycles. The lowest BCUT2D eigenvalue weighted by Crippen LogP contribution is -2.41. The SMILES string of the molecule is O=C(CC[C@@H]1NC(=O)c2ccccc2NC1=O)Nc1n[nH]c(CCc2ccccc2)n1. The number of H-pyrrole nitrogens is 1. The average Bonchev–Trinajstić information content (AvgIpc) is 3.18. The number of anilines is 2. The number of aromatic amines is 1. The van der Waals surface area contributed by atoms with E-state index in [4.69, 9.17) is 0 Å². The molecule has 158 valence electrons. The first-order valence-electron chi connectivity index (χ1n) is 10.0. The molecule has 1 atom stereocenters. The van der Waals surface area contributed by atoms with Gasteiger partial charge in [0.05, 0.1) is 11.3 Å². The number of amides is 3. The Kier molecular flexibility index (Phi) is 6.02. The number of nitrogens with zero attached hydrogens (tertiary/aromatic N) is 2. The molecule has 0 unspecified atom stereocenters. The van der Waals surface area contributed by atoms with Gasteiger partial charge >= 0.3 is 0 Å². The molecular weight excluding hydrogens is 396 g/mol. The van der Waals surface area contributed by atoms with Crippen molar-refractivity contribution in [2.24, 2.45) is 0 Å². The molecule has 3 amide bonds. The number of aryl methyl sites for hydroxylation is 2. The van der Waals surface area contributed by atoms with E-state index in [2.05, 4.69) is 31.1 Å². The molecular formula is C22H22N6O3. The number of nitrogens with one attached hydrogen (secondary N) is 4. The van der Waals surface area contributed by atoms with Gasteiger partial charge in [0.15, 0.2) is 0 Å². The molecule has 4 rings (SSSR count). The first kappa shape index (κ1) is 20.3. The quantitative estimate of drug-likeness (QED) is 0.467. The summed E-state index contributed by atoms with van der Waals surface area (Å²) >= 11 is 0. The van der Waals surface area contributed by atoms with Gasteiger partial charge in [-0.15, -0.1) is 5.10 Å². The fourth-order valence-corrected chi connectivity index (χ4v) is 3.35. The average molecular weight is 418 g/mol. The van der Waals surface area contributed by atoms with E-state index in [1.165, 1.54) is 5.56 Å². The second-order valence-corrected chi connectivity index (χ2v) is 7.24. The Morgan fingerprint density at radius 3 is 2.61 bits per heavy atom. The van der Waals surface area contributed by atoms with E-state index in [0.717, 1.165) is 6.42 Å². The predicted molar refractivity (Wildman–Crippen MR) is 114 cm³/mol. The van der Waals surface area contributed by atoms with Crippen LogP contribution in [0.2, 0.25) is 0 Å². The lowest BCUT2D eigenvalue weighted by molar-refractivity contribution is -0.118. The number of fused-ring (bicyclic) bond motifs is 1. The van der Waals surface area contributed by atoms with Crippen molar-refractivity contribution < 1.29 is 14.4 Å². The van der Waals surface area contributed by atoms with Crippen molar-refractivity contribution in [3.63, 3.8) is 0 Å².